The lowest BCUT2D eigenvalue weighted by molar-refractivity contribution is -0.117. The van der Waals surface area contributed by atoms with Crippen LogP contribution in [0.4, 0.5) is 0 Å². The van der Waals surface area contributed by atoms with E-state index in [1.54, 1.807) is 13.1 Å². The van der Waals surface area contributed by atoms with E-state index in [1.807, 2.05) is 42.6 Å². The van der Waals surface area contributed by atoms with Crippen molar-refractivity contribution in [1.82, 2.24) is 4.98 Å². The van der Waals surface area contributed by atoms with Crippen LogP contribution in [0.2, 0.25) is 0 Å². The zero-order chi connectivity index (χ0) is 16.5. The third kappa shape index (κ3) is 5.78. The van der Waals surface area contributed by atoms with Crippen molar-refractivity contribution < 1.29 is 9.59 Å². The van der Waals surface area contributed by atoms with E-state index in [9.17, 15) is 9.59 Å². The van der Waals surface area contributed by atoms with Gasteiger partial charge in [0.1, 0.15) is 5.78 Å². The second-order valence-electron chi connectivity index (χ2n) is 5.86. The number of unbranched alkanes of at least 4 members (excludes halogenated alkanes) is 3. The summed E-state index contributed by atoms with van der Waals surface area (Å²) in [5, 5.41) is 0. The Labute approximate surface area is 137 Å². The van der Waals surface area contributed by atoms with Crippen molar-refractivity contribution in [1.29, 1.82) is 0 Å². The first kappa shape index (κ1) is 17.1. The molecule has 120 valence electrons. The summed E-state index contributed by atoms with van der Waals surface area (Å²) in [6.07, 6.45) is 8.65. The molecule has 1 aromatic carbocycles. The number of hydrogen-bond donors (Lipinski definition) is 0. The number of benzene rings is 1. The zero-order valence-corrected chi connectivity index (χ0v) is 13.6. The number of pyridine rings is 1. The number of carbonyl (C=O) groups excluding carboxylic acids is 2. The summed E-state index contributed by atoms with van der Waals surface area (Å²) in [5.41, 5.74) is 2.89. The topological polar surface area (TPSA) is 47.0 Å². The Morgan fingerprint density at radius 3 is 2.17 bits per heavy atom. The van der Waals surface area contributed by atoms with Crippen molar-refractivity contribution in [2.24, 2.45) is 0 Å². The van der Waals surface area contributed by atoms with Gasteiger partial charge in [0.2, 0.25) is 0 Å². The fourth-order valence-electron chi connectivity index (χ4n) is 2.54. The fourth-order valence-corrected chi connectivity index (χ4v) is 2.54. The summed E-state index contributed by atoms with van der Waals surface area (Å²) in [6, 6.07) is 11.6. The number of ketones is 2. The van der Waals surface area contributed by atoms with Gasteiger partial charge in [-0.25, -0.2) is 0 Å². The van der Waals surface area contributed by atoms with Gasteiger partial charge < -0.3 is 4.79 Å². The number of Topliss-reactive ketones (excluding diaryl/α,β-unsaturated/α-hetero) is 2. The van der Waals surface area contributed by atoms with E-state index in [0.29, 0.717) is 12.8 Å². The SMILES string of the molecule is CC(=O)CCCCCCC(=O)c1ccc(-c2cccnc2)cc1. The van der Waals surface area contributed by atoms with Gasteiger partial charge in [0.15, 0.2) is 5.78 Å². The number of nitrogens with zero attached hydrogens (tertiary/aromatic N) is 1. The van der Waals surface area contributed by atoms with Crippen molar-refractivity contribution in [3.05, 3.63) is 54.4 Å². The monoisotopic (exact) mass is 309 g/mol. The van der Waals surface area contributed by atoms with E-state index < -0.39 is 0 Å². The number of rotatable bonds is 9. The van der Waals surface area contributed by atoms with Gasteiger partial charge in [-0.2, -0.15) is 0 Å². The van der Waals surface area contributed by atoms with Crippen LogP contribution in [0.15, 0.2) is 48.8 Å². The Balaban J connectivity index is 1.78. The molecule has 1 aromatic heterocycles. The molecule has 0 aliphatic heterocycles. The first-order valence-corrected chi connectivity index (χ1v) is 8.20. The number of aromatic nitrogens is 1. The third-order valence-corrected chi connectivity index (χ3v) is 3.88. The predicted octanol–water partition coefficient (Wildman–Crippen LogP) is 4.86. The number of carbonyl (C=O) groups is 2. The summed E-state index contributed by atoms with van der Waals surface area (Å²) >= 11 is 0. The summed E-state index contributed by atoms with van der Waals surface area (Å²) < 4.78 is 0. The molecule has 0 bridgehead atoms. The highest BCUT2D eigenvalue weighted by atomic mass is 16.1. The van der Waals surface area contributed by atoms with E-state index in [-0.39, 0.29) is 11.6 Å². The first-order chi connectivity index (χ1) is 11.2. The van der Waals surface area contributed by atoms with Crippen LogP contribution < -0.4 is 0 Å². The van der Waals surface area contributed by atoms with E-state index in [2.05, 4.69) is 4.98 Å². The highest BCUT2D eigenvalue weighted by molar-refractivity contribution is 5.96. The molecule has 1 heterocycles. The van der Waals surface area contributed by atoms with Crippen LogP contribution >= 0.6 is 0 Å². The minimum absolute atomic E-state index is 0.189. The van der Waals surface area contributed by atoms with Gasteiger partial charge in [-0.3, -0.25) is 9.78 Å². The zero-order valence-electron chi connectivity index (χ0n) is 13.6. The molecule has 0 saturated heterocycles. The Bertz CT molecular complexity index is 632. The normalized spacial score (nSPS) is 10.5. The molecule has 0 N–H and O–H groups in total. The van der Waals surface area contributed by atoms with E-state index >= 15 is 0 Å². The van der Waals surface area contributed by atoms with Gasteiger partial charge in [-0.1, -0.05) is 43.2 Å². The molecule has 0 amide bonds. The Hall–Kier alpha value is -2.29. The summed E-state index contributed by atoms with van der Waals surface area (Å²) in [7, 11) is 0. The molecule has 0 saturated carbocycles. The van der Waals surface area contributed by atoms with Crippen LogP contribution in [0.3, 0.4) is 0 Å². The maximum Gasteiger partial charge on any atom is 0.162 e. The molecule has 0 radical (unpaired) electrons. The van der Waals surface area contributed by atoms with Gasteiger partial charge in [0.25, 0.3) is 0 Å². The molecular formula is C20H23NO2. The van der Waals surface area contributed by atoms with Crippen LogP contribution in [-0.2, 0) is 4.79 Å². The fraction of sp³-hybridized carbons (Fsp3) is 0.350. The van der Waals surface area contributed by atoms with Crippen molar-refractivity contribution in [2.75, 3.05) is 0 Å². The van der Waals surface area contributed by atoms with Crippen molar-refractivity contribution >= 4 is 11.6 Å². The van der Waals surface area contributed by atoms with Gasteiger partial charge in [0.05, 0.1) is 0 Å². The largest absolute Gasteiger partial charge is 0.300 e. The van der Waals surface area contributed by atoms with Gasteiger partial charge in [-0.05, 0) is 37.0 Å². The van der Waals surface area contributed by atoms with Crippen LogP contribution in [0.1, 0.15) is 55.8 Å². The minimum atomic E-state index is 0.189. The Kier molecular flexibility index (Phi) is 6.67. The highest BCUT2D eigenvalue weighted by Gasteiger charge is 2.06. The van der Waals surface area contributed by atoms with Gasteiger partial charge >= 0.3 is 0 Å². The highest BCUT2D eigenvalue weighted by Crippen LogP contribution is 2.19. The van der Waals surface area contributed by atoms with Crippen molar-refractivity contribution in [3.8, 4) is 11.1 Å². The minimum Gasteiger partial charge on any atom is -0.300 e. The second kappa shape index (κ2) is 8.99. The average molecular weight is 309 g/mol. The standard InChI is InChI=1S/C20H23NO2/c1-16(22)7-4-2-3-5-9-20(23)18-12-10-17(11-13-18)19-8-6-14-21-15-19/h6,8,10-15H,2-5,7,9H2,1H3. The summed E-state index contributed by atoms with van der Waals surface area (Å²) in [5.74, 6) is 0.434. The van der Waals surface area contributed by atoms with Crippen molar-refractivity contribution in [2.45, 2.75) is 45.4 Å². The van der Waals surface area contributed by atoms with Crippen LogP contribution in [0, 0.1) is 0 Å². The van der Waals surface area contributed by atoms with Gasteiger partial charge in [-0.15, -0.1) is 0 Å². The van der Waals surface area contributed by atoms with Crippen LogP contribution in [-0.4, -0.2) is 16.6 Å². The van der Waals surface area contributed by atoms with E-state index in [4.69, 9.17) is 0 Å². The quantitative estimate of drug-likeness (QED) is 0.491. The molecule has 0 spiro atoms. The van der Waals surface area contributed by atoms with Crippen LogP contribution in [0.25, 0.3) is 11.1 Å². The molecule has 3 heteroatoms. The second-order valence-corrected chi connectivity index (χ2v) is 5.86. The predicted molar refractivity (Wildman–Crippen MR) is 92.4 cm³/mol. The molecule has 0 aliphatic carbocycles. The third-order valence-electron chi connectivity index (χ3n) is 3.88. The van der Waals surface area contributed by atoms with E-state index in [1.165, 1.54) is 0 Å². The van der Waals surface area contributed by atoms with Gasteiger partial charge in [0, 0.05) is 30.8 Å². The average Bonchev–Trinajstić information content (AvgIpc) is 2.58. The smallest absolute Gasteiger partial charge is 0.162 e. The Morgan fingerprint density at radius 1 is 0.870 bits per heavy atom. The molecular weight excluding hydrogens is 286 g/mol. The molecule has 23 heavy (non-hydrogen) atoms. The summed E-state index contributed by atoms with van der Waals surface area (Å²) in [4.78, 5) is 27.1. The molecule has 3 nitrogen and oxygen atoms in total. The number of hydrogen-bond acceptors (Lipinski definition) is 3. The summed E-state index contributed by atoms with van der Waals surface area (Å²) in [6.45, 7) is 1.62. The molecule has 0 atom stereocenters. The van der Waals surface area contributed by atoms with E-state index in [0.717, 1.165) is 42.4 Å². The molecule has 2 aromatic rings. The maximum absolute atomic E-state index is 12.2. The lowest BCUT2D eigenvalue weighted by Gasteiger charge is -2.04. The maximum atomic E-state index is 12.2. The lowest BCUT2D eigenvalue weighted by atomic mass is 10.0. The van der Waals surface area contributed by atoms with Crippen molar-refractivity contribution in [3.63, 3.8) is 0 Å². The first-order valence-electron chi connectivity index (χ1n) is 8.20. The lowest BCUT2D eigenvalue weighted by Crippen LogP contribution is -1.99. The van der Waals surface area contributed by atoms with Crippen LogP contribution in [0.5, 0.6) is 0 Å². The molecule has 0 unspecified atom stereocenters. The molecule has 0 aliphatic rings. The Morgan fingerprint density at radius 2 is 1.57 bits per heavy atom. The molecule has 2 rings (SSSR count). The molecule has 0 fully saturated rings.